The summed E-state index contributed by atoms with van der Waals surface area (Å²) < 4.78 is 0. The monoisotopic (exact) mass is 198 g/mol. The lowest BCUT2D eigenvalue weighted by Crippen LogP contribution is -2.19. The van der Waals surface area contributed by atoms with Gasteiger partial charge in [0, 0.05) is 12.2 Å². The molecule has 3 heteroatoms. The Labute approximate surface area is 84.3 Å². The highest BCUT2D eigenvalue weighted by Crippen LogP contribution is 2.14. The zero-order chi connectivity index (χ0) is 9.68. The maximum atomic E-state index is 5.78. The van der Waals surface area contributed by atoms with Crippen molar-refractivity contribution in [2.24, 2.45) is 0 Å². The molecule has 0 aliphatic heterocycles. The van der Waals surface area contributed by atoms with Gasteiger partial charge < -0.3 is 5.32 Å². The van der Waals surface area contributed by atoms with Gasteiger partial charge >= 0.3 is 0 Å². The zero-order valence-electron chi connectivity index (χ0n) is 8.05. The highest BCUT2D eigenvalue weighted by atomic mass is 35.5. The maximum absolute atomic E-state index is 5.78. The molecule has 2 nitrogen and oxygen atoms in total. The molecule has 1 atom stereocenters. The second-order valence-electron chi connectivity index (χ2n) is 3.09. The minimum absolute atomic E-state index is 0.348. The molecule has 0 aliphatic carbocycles. The second kappa shape index (κ2) is 5.20. The molecule has 1 N–H and O–H groups in total. The van der Waals surface area contributed by atoms with Gasteiger partial charge in [0.15, 0.2) is 0 Å². The summed E-state index contributed by atoms with van der Waals surface area (Å²) in [6.07, 6.45) is 2.88. The molecular formula is C10H15ClN2. The number of rotatable bonds is 4. The van der Waals surface area contributed by atoms with E-state index in [0.29, 0.717) is 11.2 Å². The van der Waals surface area contributed by atoms with E-state index in [1.54, 1.807) is 6.20 Å². The molecule has 0 aliphatic rings. The number of halogens is 1. The fraction of sp³-hybridized carbons (Fsp3) is 0.500. The highest BCUT2D eigenvalue weighted by Gasteiger charge is 2.03. The molecule has 1 rings (SSSR count). The van der Waals surface area contributed by atoms with Crippen LogP contribution in [0, 0.1) is 0 Å². The van der Waals surface area contributed by atoms with Crippen LogP contribution in [-0.4, -0.2) is 11.5 Å². The predicted molar refractivity (Wildman–Crippen MR) is 56.0 cm³/mol. The van der Waals surface area contributed by atoms with Crippen LogP contribution < -0.4 is 5.32 Å². The molecule has 1 unspecified atom stereocenters. The molecule has 0 bridgehead atoms. The fourth-order valence-corrected chi connectivity index (χ4v) is 1.35. The Kier molecular flexibility index (Phi) is 4.19. The Hall–Kier alpha value is -0.600. The fourth-order valence-electron chi connectivity index (χ4n) is 1.17. The Balaban J connectivity index is 2.60. The smallest absolute Gasteiger partial charge is 0.129 e. The average Bonchev–Trinajstić information content (AvgIpc) is 2.14. The molecule has 0 spiro atoms. The SMILES string of the molecule is CCCNC(C)c1ccnc(Cl)c1. The van der Waals surface area contributed by atoms with E-state index >= 15 is 0 Å². The molecule has 1 aromatic rings. The molecule has 72 valence electrons. The Morgan fingerprint density at radius 1 is 1.62 bits per heavy atom. The van der Waals surface area contributed by atoms with Crippen LogP contribution in [0.4, 0.5) is 0 Å². The molecule has 0 fully saturated rings. The molecule has 1 aromatic heterocycles. The summed E-state index contributed by atoms with van der Waals surface area (Å²) in [5.74, 6) is 0. The van der Waals surface area contributed by atoms with Gasteiger partial charge in [0.1, 0.15) is 5.15 Å². The normalized spacial score (nSPS) is 12.8. The second-order valence-corrected chi connectivity index (χ2v) is 3.47. The lowest BCUT2D eigenvalue weighted by atomic mass is 10.1. The van der Waals surface area contributed by atoms with E-state index < -0.39 is 0 Å². The largest absolute Gasteiger partial charge is 0.310 e. The van der Waals surface area contributed by atoms with Gasteiger partial charge in [-0.3, -0.25) is 0 Å². The molecule has 0 radical (unpaired) electrons. The van der Waals surface area contributed by atoms with Gasteiger partial charge in [0.2, 0.25) is 0 Å². The topological polar surface area (TPSA) is 24.9 Å². The van der Waals surface area contributed by atoms with E-state index in [2.05, 4.69) is 24.1 Å². The summed E-state index contributed by atoms with van der Waals surface area (Å²) in [6, 6.07) is 4.23. The summed E-state index contributed by atoms with van der Waals surface area (Å²) in [4.78, 5) is 3.94. The third kappa shape index (κ3) is 3.33. The first-order valence-electron chi connectivity index (χ1n) is 4.59. The van der Waals surface area contributed by atoms with E-state index in [1.165, 1.54) is 5.56 Å². The van der Waals surface area contributed by atoms with Crippen molar-refractivity contribution < 1.29 is 0 Å². The van der Waals surface area contributed by atoms with E-state index in [-0.39, 0.29) is 0 Å². The van der Waals surface area contributed by atoms with Crippen LogP contribution in [0.25, 0.3) is 0 Å². The van der Waals surface area contributed by atoms with Crippen molar-refractivity contribution in [2.75, 3.05) is 6.54 Å². The summed E-state index contributed by atoms with van der Waals surface area (Å²) in [5.41, 5.74) is 1.19. The Morgan fingerprint density at radius 2 is 2.38 bits per heavy atom. The predicted octanol–water partition coefficient (Wildman–Crippen LogP) is 2.80. The van der Waals surface area contributed by atoms with Gasteiger partial charge in [-0.1, -0.05) is 18.5 Å². The quantitative estimate of drug-likeness (QED) is 0.753. The number of hydrogen-bond acceptors (Lipinski definition) is 2. The van der Waals surface area contributed by atoms with Gasteiger partial charge in [-0.15, -0.1) is 0 Å². The van der Waals surface area contributed by atoms with E-state index in [0.717, 1.165) is 13.0 Å². The van der Waals surface area contributed by atoms with Crippen LogP contribution in [0.3, 0.4) is 0 Å². The van der Waals surface area contributed by atoms with E-state index in [9.17, 15) is 0 Å². The average molecular weight is 199 g/mol. The van der Waals surface area contributed by atoms with Crippen molar-refractivity contribution in [1.82, 2.24) is 10.3 Å². The number of hydrogen-bond donors (Lipinski definition) is 1. The first-order valence-corrected chi connectivity index (χ1v) is 4.96. The number of pyridine rings is 1. The molecule has 0 amide bonds. The summed E-state index contributed by atoms with van der Waals surface area (Å²) in [5, 5.41) is 3.95. The van der Waals surface area contributed by atoms with Gasteiger partial charge in [-0.05, 0) is 37.6 Å². The molecule has 0 saturated carbocycles. The summed E-state index contributed by atoms with van der Waals surface area (Å²) in [7, 11) is 0. The molecule has 0 aromatic carbocycles. The van der Waals surface area contributed by atoms with Crippen molar-refractivity contribution in [2.45, 2.75) is 26.3 Å². The van der Waals surface area contributed by atoms with Crippen LogP contribution in [0.15, 0.2) is 18.3 Å². The lowest BCUT2D eigenvalue weighted by molar-refractivity contribution is 0.570. The third-order valence-electron chi connectivity index (χ3n) is 1.95. The van der Waals surface area contributed by atoms with Crippen molar-refractivity contribution in [3.63, 3.8) is 0 Å². The van der Waals surface area contributed by atoms with Crippen LogP contribution in [0.1, 0.15) is 31.9 Å². The van der Waals surface area contributed by atoms with Crippen molar-refractivity contribution in [3.8, 4) is 0 Å². The van der Waals surface area contributed by atoms with Crippen LogP contribution in [0.5, 0.6) is 0 Å². The first kappa shape index (κ1) is 10.5. The Bertz CT molecular complexity index is 263. The van der Waals surface area contributed by atoms with Gasteiger partial charge in [-0.25, -0.2) is 4.98 Å². The van der Waals surface area contributed by atoms with Crippen LogP contribution in [0.2, 0.25) is 5.15 Å². The summed E-state index contributed by atoms with van der Waals surface area (Å²) in [6.45, 7) is 5.31. The Morgan fingerprint density at radius 3 is 3.00 bits per heavy atom. The molecule has 0 saturated heterocycles. The zero-order valence-corrected chi connectivity index (χ0v) is 8.80. The summed E-state index contributed by atoms with van der Waals surface area (Å²) >= 11 is 5.78. The minimum atomic E-state index is 0.348. The minimum Gasteiger partial charge on any atom is -0.310 e. The van der Waals surface area contributed by atoms with Crippen molar-refractivity contribution in [3.05, 3.63) is 29.0 Å². The van der Waals surface area contributed by atoms with Crippen molar-refractivity contribution >= 4 is 11.6 Å². The van der Waals surface area contributed by atoms with Gasteiger partial charge in [-0.2, -0.15) is 0 Å². The molecule has 13 heavy (non-hydrogen) atoms. The lowest BCUT2D eigenvalue weighted by Gasteiger charge is -2.13. The number of aromatic nitrogens is 1. The number of nitrogens with zero attached hydrogens (tertiary/aromatic N) is 1. The van der Waals surface area contributed by atoms with E-state index in [4.69, 9.17) is 11.6 Å². The van der Waals surface area contributed by atoms with Crippen LogP contribution >= 0.6 is 11.6 Å². The number of nitrogens with one attached hydrogen (secondary N) is 1. The van der Waals surface area contributed by atoms with E-state index in [1.807, 2.05) is 12.1 Å². The van der Waals surface area contributed by atoms with Gasteiger partial charge in [0.05, 0.1) is 0 Å². The highest BCUT2D eigenvalue weighted by molar-refractivity contribution is 6.29. The van der Waals surface area contributed by atoms with Gasteiger partial charge in [0.25, 0.3) is 0 Å². The third-order valence-corrected chi connectivity index (χ3v) is 2.16. The molecular weight excluding hydrogens is 184 g/mol. The first-order chi connectivity index (χ1) is 6.24. The maximum Gasteiger partial charge on any atom is 0.129 e. The standard InChI is InChI=1S/C10H15ClN2/c1-3-5-12-8(2)9-4-6-13-10(11)7-9/h4,6-8,12H,3,5H2,1-2H3. The molecule has 1 heterocycles. The van der Waals surface area contributed by atoms with Crippen LogP contribution in [-0.2, 0) is 0 Å². The van der Waals surface area contributed by atoms with Crippen molar-refractivity contribution in [1.29, 1.82) is 0 Å².